The van der Waals surface area contributed by atoms with Gasteiger partial charge >= 0.3 is 5.97 Å². The van der Waals surface area contributed by atoms with Crippen LogP contribution in [0.15, 0.2) is 35.2 Å². The number of hydrogen-bond donors (Lipinski definition) is 2. The second-order valence-electron chi connectivity index (χ2n) is 4.18. The van der Waals surface area contributed by atoms with Crippen LogP contribution in [0.4, 0.5) is 0 Å². The molecule has 8 heteroatoms. The van der Waals surface area contributed by atoms with Gasteiger partial charge in [0, 0.05) is 23.8 Å². The van der Waals surface area contributed by atoms with Crippen molar-refractivity contribution in [1.29, 1.82) is 0 Å². The zero-order valence-electron chi connectivity index (χ0n) is 10.7. The first-order valence-electron chi connectivity index (χ1n) is 5.95. The molecule has 0 aliphatic heterocycles. The van der Waals surface area contributed by atoms with Crippen LogP contribution in [0.2, 0.25) is 5.02 Å². The molecule has 110 valence electrons. The van der Waals surface area contributed by atoms with Gasteiger partial charge in [0.05, 0.1) is 16.9 Å². The summed E-state index contributed by atoms with van der Waals surface area (Å²) in [7, 11) is 0. The van der Waals surface area contributed by atoms with E-state index in [2.05, 4.69) is 26.2 Å². The molecule has 0 bridgehead atoms. The third-order valence-corrected chi connectivity index (χ3v) is 3.50. The molecule has 6 nitrogen and oxygen atoms in total. The van der Waals surface area contributed by atoms with Crippen LogP contribution in [0.5, 0.6) is 0 Å². The average Bonchev–Trinajstić information content (AvgIpc) is 2.90. The Morgan fingerprint density at radius 2 is 2.19 bits per heavy atom. The Hall–Kier alpha value is -1.86. The van der Waals surface area contributed by atoms with Gasteiger partial charge in [-0.25, -0.2) is 9.78 Å². The van der Waals surface area contributed by atoms with E-state index in [0.717, 1.165) is 4.47 Å². The van der Waals surface area contributed by atoms with Crippen molar-refractivity contribution < 1.29 is 14.7 Å². The zero-order valence-corrected chi connectivity index (χ0v) is 13.1. The van der Waals surface area contributed by atoms with Gasteiger partial charge in [-0.3, -0.25) is 4.79 Å². The summed E-state index contributed by atoms with van der Waals surface area (Å²) < 4.78 is 2.35. The summed E-state index contributed by atoms with van der Waals surface area (Å²) in [5.74, 6) is -1.38. The minimum Gasteiger partial charge on any atom is -0.476 e. The molecule has 1 aromatic carbocycles. The molecule has 0 saturated carbocycles. The number of nitrogens with zero attached hydrogens (tertiary/aromatic N) is 2. The number of aromatic nitrogens is 2. The highest BCUT2D eigenvalue weighted by Gasteiger charge is 2.11. The number of aromatic carboxylic acids is 1. The van der Waals surface area contributed by atoms with Crippen LogP contribution in [-0.4, -0.2) is 33.1 Å². The Labute approximate surface area is 133 Å². The van der Waals surface area contributed by atoms with Crippen LogP contribution in [0.3, 0.4) is 0 Å². The van der Waals surface area contributed by atoms with E-state index in [4.69, 9.17) is 16.7 Å². The third-order valence-electron chi connectivity index (χ3n) is 2.68. The Kier molecular flexibility index (Phi) is 4.98. The van der Waals surface area contributed by atoms with Gasteiger partial charge in [0.2, 0.25) is 0 Å². The SMILES string of the molecule is O=C(O)c1cn(CCNC(=O)c2cc(Br)ccc2Cl)cn1. The molecule has 1 heterocycles. The fourth-order valence-corrected chi connectivity index (χ4v) is 2.22. The van der Waals surface area contributed by atoms with Crippen LogP contribution in [0.1, 0.15) is 20.8 Å². The lowest BCUT2D eigenvalue weighted by Gasteiger charge is -2.07. The number of rotatable bonds is 5. The fourth-order valence-electron chi connectivity index (χ4n) is 1.66. The molecule has 21 heavy (non-hydrogen) atoms. The Morgan fingerprint density at radius 3 is 2.86 bits per heavy atom. The van der Waals surface area contributed by atoms with E-state index in [1.165, 1.54) is 12.5 Å². The van der Waals surface area contributed by atoms with Crippen molar-refractivity contribution in [2.75, 3.05) is 6.54 Å². The summed E-state index contributed by atoms with van der Waals surface area (Å²) in [5.41, 5.74) is 0.347. The molecule has 1 aromatic heterocycles. The van der Waals surface area contributed by atoms with Gasteiger partial charge in [0.25, 0.3) is 5.91 Å². The van der Waals surface area contributed by atoms with Crippen LogP contribution >= 0.6 is 27.5 Å². The van der Waals surface area contributed by atoms with Gasteiger partial charge in [-0.1, -0.05) is 27.5 Å². The number of carboxylic acid groups (broad SMARTS) is 1. The molecule has 0 fully saturated rings. The quantitative estimate of drug-likeness (QED) is 0.844. The summed E-state index contributed by atoms with van der Waals surface area (Å²) in [6.45, 7) is 0.745. The van der Waals surface area contributed by atoms with Crippen molar-refractivity contribution in [3.8, 4) is 0 Å². The number of hydrogen-bond acceptors (Lipinski definition) is 3. The number of imidazole rings is 1. The van der Waals surface area contributed by atoms with E-state index in [-0.39, 0.29) is 11.6 Å². The number of amides is 1. The number of carboxylic acids is 1. The lowest BCUT2D eigenvalue weighted by Crippen LogP contribution is -2.27. The minimum atomic E-state index is -1.08. The molecule has 0 unspecified atom stereocenters. The maximum atomic E-state index is 12.0. The Balaban J connectivity index is 1.92. The van der Waals surface area contributed by atoms with Crippen molar-refractivity contribution in [2.24, 2.45) is 0 Å². The van der Waals surface area contributed by atoms with E-state index >= 15 is 0 Å². The molecule has 2 rings (SSSR count). The number of halogens is 2. The molecule has 0 aliphatic carbocycles. The molecule has 0 spiro atoms. The standard InChI is InChI=1S/C13H11BrClN3O3/c14-8-1-2-10(15)9(5-8)12(19)16-3-4-18-6-11(13(20)21)17-7-18/h1-2,5-7H,3-4H2,(H,16,19)(H,20,21). The van der Waals surface area contributed by atoms with E-state index in [0.29, 0.717) is 23.7 Å². The van der Waals surface area contributed by atoms with Gasteiger partial charge < -0.3 is 15.0 Å². The molecule has 0 saturated heterocycles. The molecular weight excluding hydrogens is 362 g/mol. The molecule has 2 N–H and O–H groups in total. The first-order valence-corrected chi connectivity index (χ1v) is 7.13. The lowest BCUT2D eigenvalue weighted by molar-refractivity contribution is 0.0690. The van der Waals surface area contributed by atoms with Gasteiger partial charge in [-0.05, 0) is 18.2 Å². The zero-order chi connectivity index (χ0) is 15.4. The molecule has 1 amide bonds. The highest BCUT2D eigenvalue weighted by molar-refractivity contribution is 9.10. The van der Waals surface area contributed by atoms with Crippen molar-refractivity contribution in [3.05, 3.63) is 51.5 Å². The maximum absolute atomic E-state index is 12.0. The van der Waals surface area contributed by atoms with Crippen LogP contribution in [0.25, 0.3) is 0 Å². The van der Waals surface area contributed by atoms with E-state index in [1.54, 1.807) is 22.8 Å². The number of carbonyl (C=O) groups is 2. The first kappa shape index (κ1) is 15.5. The van der Waals surface area contributed by atoms with Crippen LogP contribution < -0.4 is 5.32 Å². The van der Waals surface area contributed by atoms with E-state index in [1.807, 2.05) is 0 Å². The van der Waals surface area contributed by atoms with E-state index in [9.17, 15) is 9.59 Å². The normalized spacial score (nSPS) is 10.4. The highest BCUT2D eigenvalue weighted by Crippen LogP contribution is 2.20. The molecule has 0 aliphatic rings. The van der Waals surface area contributed by atoms with Crippen molar-refractivity contribution >= 4 is 39.4 Å². The highest BCUT2D eigenvalue weighted by atomic mass is 79.9. The Morgan fingerprint density at radius 1 is 1.43 bits per heavy atom. The number of benzene rings is 1. The average molecular weight is 373 g/mol. The number of nitrogens with one attached hydrogen (secondary N) is 1. The number of carbonyl (C=O) groups excluding carboxylic acids is 1. The Bertz CT molecular complexity index is 687. The smallest absolute Gasteiger partial charge is 0.356 e. The second kappa shape index (κ2) is 6.73. The minimum absolute atomic E-state index is 0.0311. The summed E-state index contributed by atoms with van der Waals surface area (Å²) in [4.78, 5) is 26.4. The maximum Gasteiger partial charge on any atom is 0.356 e. The lowest BCUT2D eigenvalue weighted by atomic mass is 10.2. The fraction of sp³-hybridized carbons (Fsp3) is 0.154. The van der Waals surface area contributed by atoms with Crippen LogP contribution in [0, 0.1) is 0 Å². The molecular formula is C13H11BrClN3O3. The monoisotopic (exact) mass is 371 g/mol. The summed E-state index contributed by atoms with van der Waals surface area (Å²) in [6.07, 6.45) is 2.81. The summed E-state index contributed by atoms with van der Waals surface area (Å²) in [5, 5.41) is 11.8. The van der Waals surface area contributed by atoms with Gasteiger partial charge in [0.15, 0.2) is 5.69 Å². The molecule has 0 atom stereocenters. The predicted molar refractivity (Wildman–Crippen MR) is 80.7 cm³/mol. The predicted octanol–water partition coefficient (Wildman–Crippen LogP) is 2.43. The summed E-state index contributed by atoms with van der Waals surface area (Å²) >= 11 is 9.24. The van der Waals surface area contributed by atoms with Gasteiger partial charge in [-0.2, -0.15) is 0 Å². The second-order valence-corrected chi connectivity index (χ2v) is 5.50. The molecule has 0 radical (unpaired) electrons. The van der Waals surface area contributed by atoms with Crippen molar-refractivity contribution in [2.45, 2.75) is 6.54 Å². The van der Waals surface area contributed by atoms with Gasteiger partial charge in [-0.15, -0.1) is 0 Å². The van der Waals surface area contributed by atoms with E-state index < -0.39 is 5.97 Å². The largest absolute Gasteiger partial charge is 0.476 e. The van der Waals surface area contributed by atoms with Crippen molar-refractivity contribution in [3.63, 3.8) is 0 Å². The topological polar surface area (TPSA) is 84.2 Å². The van der Waals surface area contributed by atoms with Crippen molar-refractivity contribution in [1.82, 2.24) is 14.9 Å². The summed E-state index contributed by atoms with van der Waals surface area (Å²) in [6, 6.07) is 5.02. The molecule has 2 aromatic rings. The van der Waals surface area contributed by atoms with Crippen LogP contribution in [-0.2, 0) is 6.54 Å². The third kappa shape index (κ3) is 4.05. The van der Waals surface area contributed by atoms with Gasteiger partial charge in [0.1, 0.15) is 0 Å². The first-order chi connectivity index (χ1) is 9.97.